The summed E-state index contributed by atoms with van der Waals surface area (Å²) in [6.45, 7) is 9.91. The summed E-state index contributed by atoms with van der Waals surface area (Å²) in [5.41, 5.74) is 0.116. The van der Waals surface area contributed by atoms with Crippen LogP contribution in [0.3, 0.4) is 0 Å². The normalized spacial score (nSPS) is 51.1. The van der Waals surface area contributed by atoms with Gasteiger partial charge in [-0.2, -0.15) is 0 Å². The Morgan fingerprint density at radius 1 is 1.32 bits per heavy atom. The Hall–Kier alpha value is -1.36. The first-order valence-corrected chi connectivity index (χ1v) is 9.47. The molecule has 2 aliphatic heterocycles. The number of hydrogen-bond acceptors (Lipinski definition) is 5. The van der Waals surface area contributed by atoms with E-state index >= 15 is 0 Å². The van der Waals surface area contributed by atoms with Gasteiger partial charge < -0.3 is 14.2 Å². The highest BCUT2D eigenvalue weighted by Gasteiger charge is 2.80. The largest absolute Gasteiger partial charge is 0.462 e. The predicted molar refractivity (Wildman–Crippen MR) is 90.6 cm³/mol. The van der Waals surface area contributed by atoms with E-state index in [1.807, 2.05) is 13.8 Å². The molecule has 5 nitrogen and oxygen atoms in total. The molecule has 138 valence electrons. The van der Waals surface area contributed by atoms with Gasteiger partial charge in [0.25, 0.3) is 0 Å². The fourth-order valence-electron chi connectivity index (χ4n) is 5.74. The maximum Gasteiger partial charge on any atom is 0.333 e. The summed E-state index contributed by atoms with van der Waals surface area (Å²) in [7, 11) is 0. The number of hydrogen-bond donors (Lipinski definition) is 0. The summed E-state index contributed by atoms with van der Waals surface area (Å²) in [5, 5.41) is 0. The zero-order valence-electron chi connectivity index (χ0n) is 15.7. The van der Waals surface area contributed by atoms with E-state index in [0.717, 1.165) is 19.3 Å². The van der Waals surface area contributed by atoms with Crippen molar-refractivity contribution >= 4 is 11.9 Å². The van der Waals surface area contributed by atoms with Crippen LogP contribution in [-0.4, -0.2) is 35.3 Å². The van der Waals surface area contributed by atoms with Gasteiger partial charge >= 0.3 is 11.9 Å². The Kier molecular flexibility index (Phi) is 3.63. The second-order valence-electron chi connectivity index (χ2n) is 8.71. The highest BCUT2D eigenvalue weighted by molar-refractivity contribution is 5.87. The van der Waals surface area contributed by atoms with Crippen LogP contribution in [0.2, 0.25) is 0 Å². The van der Waals surface area contributed by atoms with Crippen LogP contribution >= 0.6 is 0 Å². The van der Waals surface area contributed by atoms with Gasteiger partial charge in [-0.05, 0) is 39.5 Å². The van der Waals surface area contributed by atoms with E-state index in [1.54, 1.807) is 13.0 Å². The molecule has 2 aliphatic carbocycles. The highest BCUT2D eigenvalue weighted by atomic mass is 16.6. The molecule has 0 radical (unpaired) electrons. The van der Waals surface area contributed by atoms with E-state index in [0.29, 0.717) is 5.57 Å². The van der Waals surface area contributed by atoms with Crippen molar-refractivity contribution in [2.45, 2.75) is 77.3 Å². The van der Waals surface area contributed by atoms with Crippen LogP contribution in [-0.2, 0) is 23.8 Å². The molecule has 2 saturated heterocycles. The molecule has 0 bridgehead atoms. The fourth-order valence-corrected chi connectivity index (χ4v) is 5.74. The molecule has 25 heavy (non-hydrogen) atoms. The number of esters is 2. The number of fused-ring (bicyclic) bond motifs is 1. The molecule has 4 aliphatic rings. The minimum Gasteiger partial charge on any atom is -0.462 e. The van der Waals surface area contributed by atoms with E-state index in [1.165, 1.54) is 0 Å². The van der Waals surface area contributed by atoms with Crippen molar-refractivity contribution in [3.63, 3.8) is 0 Å². The molecule has 0 N–H and O–H groups in total. The van der Waals surface area contributed by atoms with Crippen LogP contribution in [0.4, 0.5) is 0 Å². The summed E-state index contributed by atoms with van der Waals surface area (Å²) in [5.74, 6) is 0.260. The molecule has 0 aromatic heterocycles. The van der Waals surface area contributed by atoms with Crippen molar-refractivity contribution in [1.29, 1.82) is 0 Å². The van der Waals surface area contributed by atoms with Gasteiger partial charge in [-0.1, -0.05) is 19.9 Å². The van der Waals surface area contributed by atoms with Crippen LogP contribution < -0.4 is 0 Å². The first-order valence-electron chi connectivity index (χ1n) is 9.47. The second-order valence-corrected chi connectivity index (χ2v) is 8.71. The van der Waals surface area contributed by atoms with Gasteiger partial charge in [0, 0.05) is 23.8 Å². The van der Waals surface area contributed by atoms with Gasteiger partial charge in [0.1, 0.15) is 17.8 Å². The molecule has 5 heteroatoms. The number of epoxide rings is 1. The predicted octanol–water partition coefficient (Wildman–Crippen LogP) is 3.02. The maximum atomic E-state index is 12.3. The van der Waals surface area contributed by atoms with Gasteiger partial charge in [-0.25, -0.2) is 4.79 Å². The van der Waals surface area contributed by atoms with Crippen molar-refractivity contribution in [2.24, 2.45) is 23.7 Å². The average Bonchev–Trinajstić information content (AvgIpc) is 2.98. The lowest BCUT2D eigenvalue weighted by Crippen LogP contribution is -2.37. The zero-order valence-corrected chi connectivity index (χ0v) is 15.7. The Morgan fingerprint density at radius 3 is 2.72 bits per heavy atom. The van der Waals surface area contributed by atoms with Crippen LogP contribution in [0.1, 0.15) is 53.9 Å². The molecule has 0 aromatic carbocycles. The molecule has 2 saturated carbocycles. The maximum absolute atomic E-state index is 12.3. The molecule has 2 heterocycles. The lowest BCUT2D eigenvalue weighted by atomic mass is 9.77. The van der Waals surface area contributed by atoms with E-state index in [2.05, 4.69) is 13.8 Å². The van der Waals surface area contributed by atoms with Gasteiger partial charge in [0.2, 0.25) is 0 Å². The number of carbonyl (C=O) groups excluding carboxylic acids is 2. The Balaban J connectivity index is 1.62. The van der Waals surface area contributed by atoms with Gasteiger partial charge in [0.15, 0.2) is 0 Å². The molecule has 0 unspecified atom stereocenters. The van der Waals surface area contributed by atoms with E-state index in [-0.39, 0.29) is 59.0 Å². The summed E-state index contributed by atoms with van der Waals surface area (Å²) in [6.07, 6.45) is 4.02. The van der Waals surface area contributed by atoms with Crippen molar-refractivity contribution in [3.05, 3.63) is 11.6 Å². The topological polar surface area (TPSA) is 65.1 Å². The fraction of sp³-hybridized carbons (Fsp3) is 0.800. The van der Waals surface area contributed by atoms with Crippen LogP contribution in [0.5, 0.6) is 0 Å². The van der Waals surface area contributed by atoms with Gasteiger partial charge in [-0.15, -0.1) is 0 Å². The SMILES string of the molecule is C/C=C(/C)C(=O)O[C@H]1C[C@@]2(C)O[C@]23C[C@@H]2[C@H](C)C(=O)O[C@@H]2C[C@@H](C)[C@H]13. The molecular weight excluding hydrogens is 320 g/mol. The Morgan fingerprint density at radius 2 is 2.04 bits per heavy atom. The summed E-state index contributed by atoms with van der Waals surface area (Å²) in [4.78, 5) is 24.3. The lowest BCUT2D eigenvalue weighted by Gasteiger charge is -2.30. The Bertz CT molecular complexity index is 654. The monoisotopic (exact) mass is 348 g/mol. The molecular formula is C20H28O5. The number of carbonyl (C=O) groups is 2. The van der Waals surface area contributed by atoms with E-state index < -0.39 is 0 Å². The molecule has 4 fully saturated rings. The standard InChI is InChI=1S/C20H28O5/c1-6-10(2)17(21)24-15-9-19(5)20(25-19)8-13-12(4)18(22)23-14(13)7-11(3)16(15)20/h6,11-16H,7-9H2,1-5H3/b10-6-/t11-,12+,13-,14-,15+,16-,19-,20+/m1/s1. The number of ether oxygens (including phenoxy) is 3. The number of allylic oxidation sites excluding steroid dienone is 1. The third-order valence-corrected chi connectivity index (χ3v) is 7.32. The summed E-state index contributed by atoms with van der Waals surface area (Å²) >= 11 is 0. The van der Waals surface area contributed by atoms with Crippen LogP contribution in [0.15, 0.2) is 11.6 Å². The van der Waals surface area contributed by atoms with Gasteiger partial charge in [-0.3, -0.25) is 4.79 Å². The first kappa shape index (κ1) is 17.1. The van der Waals surface area contributed by atoms with Crippen molar-refractivity contribution in [2.75, 3.05) is 0 Å². The first-order chi connectivity index (χ1) is 11.7. The molecule has 8 atom stereocenters. The third-order valence-electron chi connectivity index (χ3n) is 7.32. The number of rotatable bonds is 2. The third kappa shape index (κ3) is 2.24. The Labute approximate surface area is 149 Å². The second kappa shape index (κ2) is 5.32. The zero-order chi connectivity index (χ0) is 18.1. The molecule has 0 aromatic rings. The average molecular weight is 348 g/mol. The molecule has 1 spiro atoms. The summed E-state index contributed by atoms with van der Waals surface area (Å²) in [6, 6.07) is 0. The summed E-state index contributed by atoms with van der Waals surface area (Å²) < 4.78 is 17.8. The van der Waals surface area contributed by atoms with Crippen molar-refractivity contribution in [1.82, 2.24) is 0 Å². The minimum atomic E-state index is -0.275. The van der Waals surface area contributed by atoms with E-state index in [4.69, 9.17) is 14.2 Å². The molecule has 0 amide bonds. The van der Waals surface area contributed by atoms with Crippen molar-refractivity contribution < 1.29 is 23.8 Å². The highest BCUT2D eigenvalue weighted by Crippen LogP contribution is 2.69. The van der Waals surface area contributed by atoms with Crippen LogP contribution in [0, 0.1) is 23.7 Å². The lowest BCUT2D eigenvalue weighted by molar-refractivity contribution is -0.150. The van der Waals surface area contributed by atoms with E-state index in [9.17, 15) is 9.59 Å². The van der Waals surface area contributed by atoms with Gasteiger partial charge in [0.05, 0.1) is 11.5 Å². The smallest absolute Gasteiger partial charge is 0.333 e. The molecule has 4 rings (SSSR count). The quantitative estimate of drug-likeness (QED) is 0.436. The minimum absolute atomic E-state index is 0.0282. The van der Waals surface area contributed by atoms with Crippen LogP contribution in [0.25, 0.3) is 0 Å². The van der Waals surface area contributed by atoms with Crippen molar-refractivity contribution in [3.8, 4) is 0 Å².